The molecule has 1 amide bonds. The highest BCUT2D eigenvalue weighted by Gasteiger charge is 2.28. The van der Waals surface area contributed by atoms with Crippen molar-refractivity contribution in [3.05, 3.63) is 83.9 Å². The highest BCUT2D eigenvalue weighted by atomic mass is 32.2. The van der Waals surface area contributed by atoms with E-state index in [-0.39, 0.29) is 23.4 Å². The van der Waals surface area contributed by atoms with Crippen molar-refractivity contribution < 1.29 is 17.9 Å². The van der Waals surface area contributed by atoms with Gasteiger partial charge in [-0.15, -0.1) is 0 Å². The van der Waals surface area contributed by atoms with Gasteiger partial charge in [0.25, 0.3) is 0 Å². The molecule has 170 valence electrons. The van der Waals surface area contributed by atoms with Crippen molar-refractivity contribution in [2.24, 2.45) is 0 Å². The second kappa shape index (κ2) is 10.1. The van der Waals surface area contributed by atoms with Gasteiger partial charge >= 0.3 is 0 Å². The second-order valence-corrected chi connectivity index (χ2v) is 9.53. The topological polar surface area (TPSA) is 110 Å². The average molecular weight is 483 g/mol. The van der Waals surface area contributed by atoms with E-state index in [9.17, 15) is 13.2 Å². The molecular formula is C23H22N4O4S2. The molecular weight excluding hydrogens is 460 g/mol. The number of hydrogen-bond acceptors (Lipinski definition) is 7. The first-order chi connectivity index (χ1) is 16.0. The molecule has 1 heterocycles. The fourth-order valence-corrected chi connectivity index (χ4v) is 5.30. The van der Waals surface area contributed by atoms with Gasteiger partial charge in [-0.05, 0) is 41.8 Å². The van der Waals surface area contributed by atoms with Gasteiger partial charge in [0.15, 0.2) is 0 Å². The van der Waals surface area contributed by atoms with E-state index in [1.54, 1.807) is 31.4 Å². The molecule has 0 saturated heterocycles. The number of carbonyl (C=O) groups is 1. The largest absolute Gasteiger partial charge is 0.497 e. The van der Waals surface area contributed by atoms with Crippen LogP contribution in [0.4, 0.5) is 0 Å². The zero-order valence-electron chi connectivity index (χ0n) is 17.8. The number of benzene rings is 3. The Morgan fingerprint density at radius 1 is 0.970 bits per heavy atom. The lowest BCUT2D eigenvalue weighted by atomic mass is 10.1. The summed E-state index contributed by atoms with van der Waals surface area (Å²) in [6, 6.07) is 20.3. The first kappa shape index (κ1) is 22.8. The number of nitrogens with one attached hydrogen (secondary N) is 2. The van der Waals surface area contributed by atoms with Crippen molar-refractivity contribution in [2.45, 2.75) is 23.9 Å². The second-order valence-electron chi connectivity index (χ2n) is 7.32. The van der Waals surface area contributed by atoms with Gasteiger partial charge < -0.3 is 10.1 Å². The predicted octanol–water partition coefficient (Wildman–Crippen LogP) is 2.91. The van der Waals surface area contributed by atoms with Crippen molar-refractivity contribution >= 4 is 38.7 Å². The quantitative estimate of drug-likeness (QED) is 0.380. The number of rotatable bonds is 9. The van der Waals surface area contributed by atoms with E-state index < -0.39 is 22.0 Å². The van der Waals surface area contributed by atoms with Crippen LogP contribution in [-0.2, 0) is 27.8 Å². The summed E-state index contributed by atoms with van der Waals surface area (Å²) < 4.78 is 42.4. The molecule has 33 heavy (non-hydrogen) atoms. The van der Waals surface area contributed by atoms with E-state index in [4.69, 9.17) is 4.74 Å². The van der Waals surface area contributed by atoms with Crippen LogP contribution in [-0.4, -0.2) is 36.2 Å². The molecule has 2 N–H and O–H groups in total. The van der Waals surface area contributed by atoms with E-state index in [0.29, 0.717) is 11.3 Å². The fourth-order valence-electron chi connectivity index (χ4n) is 3.34. The minimum absolute atomic E-state index is 0.00485. The van der Waals surface area contributed by atoms with E-state index >= 15 is 0 Å². The SMILES string of the molecule is COc1ccc(CNC(=O)[C@@H](Cc2ccccc2)NS(=O)(=O)c2cccc3nsnc23)cc1. The van der Waals surface area contributed by atoms with Gasteiger partial charge in [0, 0.05) is 6.54 Å². The molecule has 10 heteroatoms. The number of fused-ring (bicyclic) bond motifs is 1. The molecule has 0 aliphatic rings. The zero-order chi connectivity index (χ0) is 23.3. The molecule has 0 fully saturated rings. The number of amides is 1. The van der Waals surface area contributed by atoms with Gasteiger partial charge in [0.05, 0.1) is 18.8 Å². The van der Waals surface area contributed by atoms with Gasteiger partial charge in [-0.25, -0.2) is 8.42 Å². The van der Waals surface area contributed by atoms with Gasteiger partial charge in [0.1, 0.15) is 27.7 Å². The molecule has 0 spiro atoms. The predicted molar refractivity (Wildman–Crippen MR) is 127 cm³/mol. The van der Waals surface area contributed by atoms with Gasteiger partial charge in [-0.3, -0.25) is 4.79 Å². The Morgan fingerprint density at radius 3 is 2.45 bits per heavy atom. The van der Waals surface area contributed by atoms with Crippen molar-refractivity contribution in [2.75, 3.05) is 7.11 Å². The Bertz CT molecular complexity index is 1340. The summed E-state index contributed by atoms with van der Waals surface area (Å²) in [4.78, 5) is 13.1. The van der Waals surface area contributed by atoms with Crippen LogP contribution in [0.5, 0.6) is 5.75 Å². The van der Waals surface area contributed by atoms with E-state index in [0.717, 1.165) is 22.9 Å². The Kier molecular flexibility index (Phi) is 6.97. The fraction of sp³-hybridized carbons (Fsp3) is 0.174. The number of nitrogens with zero attached hydrogens (tertiary/aromatic N) is 2. The summed E-state index contributed by atoms with van der Waals surface area (Å²) in [5.41, 5.74) is 2.47. The standard InChI is InChI=1S/C23H22N4O4S2/c1-31-18-12-10-17(11-13-18)15-24-23(28)20(14-16-6-3-2-4-7-16)27-33(29,30)21-9-5-8-19-22(21)26-32-25-19/h2-13,20,27H,14-15H2,1H3,(H,24,28)/t20-/m1/s1. The van der Waals surface area contributed by atoms with Gasteiger partial charge in [-0.2, -0.15) is 13.5 Å². The van der Waals surface area contributed by atoms with Crippen molar-refractivity contribution in [1.29, 1.82) is 0 Å². The number of carbonyl (C=O) groups excluding carboxylic acids is 1. The molecule has 0 aliphatic heterocycles. The summed E-state index contributed by atoms with van der Waals surface area (Å²) in [5, 5.41) is 2.83. The smallest absolute Gasteiger partial charge is 0.243 e. The Morgan fingerprint density at radius 2 is 1.73 bits per heavy atom. The number of methoxy groups -OCH3 is 1. The molecule has 8 nitrogen and oxygen atoms in total. The van der Waals surface area contributed by atoms with Crippen LogP contribution >= 0.6 is 11.7 Å². The number of aromatic nitrogens is 2. The lowest BCUT2D eigenvalue weighted by Gasteiger charge is -2.19. The Balaban J connectivity index is 1.56. The molecule has 4 aromatic rings. The van der Waals surface area contributed by atoms with Crippen LogP contribution in [0, 0.1) is 0 Å². The van der Waals surface area contributed by atoms with E-state index in [2.05, 4.69) is 18.8 Å². The van der Waals surface area contributed by atoms with Gasteiger partial charge in [-0.1, -0.05) is 48.5 Å². The molecule has 1 aromatic heterocycles. The molecule has 0 saturated carbocycles. The number of ether oxygens (including phenoxy) is 1. The van der Waals surface area contributed by atoms with E-state index in [1.165, 1.54) is 6.07 Å². The van der Waals surface area contributed by atoms with Crippen LogP contribution in [0.1, 0.15) is 11.1 Å². The van der Waals surface area contributed by atoms with Crippen molar-refractivity contribution in [3.63, 3.8) is 0 Å². The molecule has 4 rings (SSSR count). The summed E-state index contributed by atoms with van der Waals surface area (Å²) in [5.74, 6) is 0.285. The summed E-state index contributed by atoms with van der Waals surface area (Å²) in [6.07, 6.45) is 0.194. The van der Waals surface area contributed by atoms with Crippen LogP contribution in [0.2, 0.25) is 0 Å². The van der Waals surface area contributed by atoms with Crippen LogP contribution in [0.3, 0.4) is 0 Å². The van der Waals surface area contributed by atoms with Crippen molar-refractivity contribution in [1.82, 2.24) is 18.8 Å². The lowest BCUT2D eigenvalue weighted by molar-refractivity contribution is -0.122. The Hall–Kier alpha value is -3.34. The molecule has 0 bridgehead atoms. The number of hydrogen-bond donors (Lipinski definition) is 2. The normalized spacial score (nSPS) is 12.4. The third-order valence-electron chi connectivity index (χ3n) is 5.06. The maximum atomic E-state index is 13.2. The third kappa shape index (κ3) is 5.54. The van der Waals surface area contributed by atoms with Crippen LogP contribution < -0.4 is 14.8 Å². The maximum absolute atomic E-state index is 13.2. The zero-order valence-corrected chi connectivity index (χ0v) is 19.4. The first-order valence-electron chi connectivity index (χ1n) is 10.1. The minimum atomic E-state index is -4.04. The summed E-state index contributed by atoms with van der Waals surface area (Å²) in [7, 11) is -2.45. The first-order valence-corrected chi connectivity index (χ1v) is 12.4. The summed E-state index contributed by atoms with van der Waals surface area (Å²) in [6.45, 7) is 0.251. The molecule has 0 radical (unpaired) electrons. The lowest BCUT2D eigenvalue weighted by Crippen LogP contribution is -2.47. The van der Waals surface area contributed by atoms with Crippen LogP contribution in [0.25, 0.3) is 11.0 Å². The highest BCUT2D eigenvalue weighted by molar-refractivity contribution is 7.89. The maximum Gasteiger partial charge on any atom is 0.243 e. The number of sulfonamides is 1. The molecule has 1 atom stereocenters. The highest BCUT2D eigenvalue weighted by Crippen LogP contribution is 2.21. The molecule has 3 aromatic carbocycles. The van der Waals surface area contributed by atoms with Gasteiger partial charge in [0.2, 0.25) is 15.9 Å². The molecule has 0 unspecified atom stereocenters. The monoisotopic (exact) mass is 482 g/mol. The Labute approximate surface area is 196 Å². The minimum Gasteiger partial charge on any atom is -0.497 e. The van der Waals surface area contributed by atoms with Crippen LogP contribution in [0.15, 0.2) is 77.7 Å². The van der Waals surface area contributed by atoms with Crippen molar-refractivity contribution in [3.8, 4) is 5.75 Å². The molecule has 0 aliphatic carbocycles. The third-order valence-corrected chi connectivity index (χ3v) is 7.11. The van der Waals surface area contributed by atoms with E-state index in [1.807, 2.05) is 42.5 Å². The average Bonchev–Trinajstić information content (AvgIpc) is 3.32. The summed E-state index contributed by atoms with van der Waals surface area (Å²) >= 11 is 0.939.